The molecule has 4 heteroatoms. The third-order valence-electron chi connectivity index (χ3n) is 3.14. The molecule has 0 spiro atoms. The lowest BCUT2D eigenvalue weighted by atomic mass is 10.1. The van der Waals surface area contributed by atoms with E-state index >= 15 is 0 Å². The summed E-state index contributed by atoms with van der Waals surface area (Å²) in [4.78, 5) is 11.7. The van der Waals surface area contributed by atoms with Gasteiger partial charge >= 0.3 is 0 Å². The molecule has 0 atom stereocenters. The summed E-state index contributed by atoms with van der Waals surface area (Å²) in [6, 6.07) is 11.3. The zero-order valence-electron chi connectivity index (χ0n) is 12.3. The Balaban J connectivity index is 2.24. The first-order valence-corrected chi connectivity index (χ1v) is 7.37. The molecule has 0 amide bonds. The second kappa shape index (κ2) is 6.76. The van der Waals surface area contributed by atoms with E-state index in [1.165, 1.54) is 6.92 Å². The number of benzene rings is 2. The Hall–Kier alpha value is -1.81. The number of methoxy groups -OCH3 is 1. The lowest BCUT2D eigenvalue weighted by molar-refractivity contribution is 0.101. The largest absolute Gasteiger partial charge is 0.496 e. The average molecular weight is 349 g/mol. The molecule has 2 aromatic rings. The SMILES string of the molecule is COc1ccc(C)cc1COc1ccc(Br)cc1C(C)=O. The van der Waals surface area contributed by atoms with Gasteiger partial charge in [-0.2, -0.15) is 0 Å². The Morgan fingerprint density at radius 1 is 1.14 bits per heavy atom. The molecule has 0 aromatic heterocycles. The number of ketones is 1. The first-order valence-electron chi connectivity index (χ1n) is 6.58. The number of hydrogen-bond donors (Lipinski definition) is 0. The van der Waals surface area contributed by atoms with Crippen molar-refractivity contribution >= 4 is 21.7 Å². The van der Waals surface area contributed by atoms with Gasteiger partial charge in [0, 0.05) is 10.0 Å². The lowest BCUT2D eigenvalue weighted by Crippen LogP contribution is -2.03. The van der Waals surface area contributed by atoms with Crippen molar-refractivity contribution in [1.29, 1.82) is 0 Å². The quantitative estimate of drug-likeness (QED) is 0.743. The molecule has 0 aliphatic rings. The molecule has 0 saturated carbocycles. The zero-order valence-corrected chi connectivity index (χ0v) is 13.9. The van der Waals surface area contributed by atoms with E-state index in [9.17, 15) is 4.79 Å². The maximum atomic E-state index is 11.7. The third-order valence-corrected chi connectivity index (χ3v) is 3.63. The van der Waals surface area contributed by atoms with Crippen molar-refractivity contribution in [3.05, 3.63) is 57.6 Å². The first-order chi connectivity index (χ1) is 10.0. The van der Waals surface area contributed by atoms with Gasteiger partial charge in [-0.25, -0.2) is 0 Å². The second-order valence-electron chi connectivity index (χ2n) is 4.80. The van der Waals surface area contributed by atoms with Gasteiger partial charge in [-0.05, 0) is 44.2 Å². The van der Waals surface area contributed by atoms with E-state index in [2.05, 4.69) is 15.9 Å². The minimum atomic E-state index is -0.0255. The molecule has 0 heterocycles. The van der Waals surface area contributed by atoms with Crippen LogP contribution >= 0.6 is 15.9 Å². The molecule has 0 fully saturated rings. The van der Waals surface area contributed by atoms with Gasteiger partial charge < -0.3 is 9.47 Å². The van der Waals surface area contributed by atoms with Gasteiger partial charge in [0.25, 0.3) is 0 Å². The summed E-state index contributed by atoms with van der Waals surface area (Å²) >= 11 is 3.37. The maximum absolute atomic E-state index is 11.7. The fraction of sp³-hybridized carbons (Fsp3) is 0.235. The molecule has 0 N–H and O–H groups in total. The van der Waals surface area contributed by atoms with Crippen LogP contribution in [0, 0.1) is 6.92 Å². The van der Waals surface area contributed by atoms with Gasteiger partial charge in [0.1, 0.15) is 18.1 Å². The van der Waals surface area contributed by atoms with Crippen LogP contribution in [0.3, 0.4) is 0 Å². The monoisotopic (exact) mass is 348 g/mol. The van der Waals surface area contributed by atoms with E-state index in [0.29, 0.717) is 17.9 Å². The highest BCUT2D eigenvalue weighted by molar-refractivity contribution is 9.10. The smallest absolute Gasteiger partial charge is 0.163 e. The topological polar surface area (TPSA) is 35.5 Å². The molecular formula is C17H17BrO3. The van der Waals surface area contributed by atoms with E-state index in [1.807, 2.05) is 31.2 Å². The van der Waals surface area contributed by atoms with Gasteiger partial charge in [-0.15, -0.1) is 0 Å². The Kier molecular flexibility index (Phi) is 5.02. The summed E-state index contributed by atoms with van der Waals surface area (Å²) in [5.41, 5.74) is 2.66. The number of carbonyl (C=O) groups excluding carboxylic acids is 1. The summed E-state index contributed by atoms with van der Waals surface area (Å²) in [7, 11) is 1.63. The predicted octanol–water partition coefficient (Wildman–Crippen LogP) is 4.55. The van der Waals surface area contributed by atoms with E-state index < -0.39 is 0 Å². The highest BCUT2D eigenvalue weighted by atomic mass is 79.9. The van der Waals surface area contributed by atoms with Crippen molar-refractivity contribution in [2.45, 2.75) is 20.5 Å². The van der Waals surface area contributed by atoms with Crippen LogP contribution < -0.4 is 9.47 Å². The Labute approximate surface area is 133 Å². The normalized spacial score (nSPS) is 10.3. The van der Waals surface area contributed by atoms with Crippen LogP contribution in [0.5, 0.6) is 11.5 Å². The number of hydrogen-bond acceptors (Lipinski definition) is 3. The fourth-order valence-electron chi connectivity index (χ4n) is 2.08. The second-order valence-corrected chi connectivity index (χ2v) is 5.72. The molecule has 2 rings (SSSR count). The minimum absolute atomic E-state index is 0.0255. The van der Waals surface area contributed by atoms with Crippen molar-refractivity contribution in [3.63, 3.8) is 0 Å². The summed E-state index contributed by atoms with van der Waals surface area (Å²) in [6.45, 7) is 3.90. The Morgan fingerprint density at radius 3 is 2.52 bits per heavy atom. The molecular weight excluding hydrogens is 332 g/mol. The van der Waals surface area contributed by atoms with E-state index in [1.54, 1.807) is 19.2 Å². The summed E-state index contributed by atoms with van der Waals surface area (Å²) in [6.07, 6.45) is 0. The van der Waals surface area contributed by atoms with Crippen molar-refractivity contribution in [2.24, 2.45) is 0 Å². The van der Waals surface area contributed by atoms with Gasteiger partial charge in [-0.3, -0.25) is 4.79 Å². The summed E-state index contributed by atoms with van der Waals surface area (Å²) in [5, 5.41) is 0. The van der Waals surface area contributed by atoms with Gasteiger partial charge in [-0.1, -0.05) is 27.6 Å². The molecule has 0 aliphatic carbocycles. The molecule has 3 nitrogen and oxygen atoms in total. The molecule has 0 radical (unpaired) electrons. The molecule has 0 bridgehead atoms. The zero-order chi connectivity index (χ0) is 15.4. The number of halogens is 1. The first kappa shape index (κ1) is 15.6. The van der Waals surface area contributed by atoms with Crippen molar-refractivity contribution in [2.75, 3.05) is 7.11 Å². The molecule has 110 valence electrons. The van der Waals surface area contributed by atoms with Gasteiger partial charge in [0.15, 0.2) is 5.78 Å². The highest BCUT2D eigenvalue weighted by Crippen LogP contribution is 2.26. The van der Waals surface area contributed by atoms with Crippen molar-refractivity contribution in [1.82, 2.24) is 0 Å². The van der Waals surface area contributed by atoms with E-state index in [4.69, 9.17) is 9.47 Å². The van der Waals surface area contributed by atoms with Gasteiger partial charge in [0.05, 0.1) is 12.7 Å². The number of ether oxygens (including phenoxy) is 2. The number of rotatable bonds is 5. The van der Waals surface area contributed by atoms with Crippen LogP contribution in [0.4, 0.5) is 0 Å². The Morgan fingerprint density at radius 2 is 1.86 bits per heavy atom. The number of aryl methyl sites for hydroxylation is 1. The summed E-state index contributed by atoms with van der Waals surface area (Å²) in [5.74, 6) is 1.33. The Bertz CT molecular complexity index is 665. The van der Waals surface area contributed by atoms with Crippen LogP contribution in [-0.4, -0.2) is 12.9 Å². The van der Waals surface area contributed by atoms with Crippen LogP contribution in [0.2, 0.25) is 0 Å². The third kappa shape index (κ3) is 3.85. The van der Waals surface area contributed by atoms with Crippen molar-refractivity contribution in [3.8, 4) is 11.5 Å². The molecule has 0 saturated heterocycles. The molecule has 0 unspecified atom stereocenters. The molecule has 2 aromatic carbocycles. The summed E-state index contributed by atoms with van der Waals surface area (Å²) < 4.78 is 12.0. The molecule has 0 aliphatic heterocycles. The highest BCUT2D eigenvalue weighted by Gasteiger charge is 2.11. The van der Waals surface area contributed by atoms with Gasteiger partial charge in [0.2, 0.25) is 0 Å². The number of Topliss-reactive ketones (excluding diaryl/α,β-unsaturated/α-hetero) is 1. The van der Waals surface area contributed by atoms with Crippen LogP contribution in [0.25, 0.3) is 0 Å². The standard InChI is InChI=1S/C17H17BrO3/c1-11-4-6-16(20-3)13(8-11)10-21-17-7-5-14(18)9-15(17)12(2)19/h4-9H,10H2,1-3H3. The minimum Gasteiger partial charge on any atom is -0.496 e. The van der Waals surface area contributed by atoms with E-state index in [0.717, 1.165) is 21.3 Å². The average Bonchev–Trinajstić information content (AvgIpc) is 2.46. The predicted molar refractivity (Wildman–Crippen MR) is 86.2 cm³/mol. The lowest BCUT2D eigenvalue weighted by Gasteiger charge is -2.13. The van der Waals surface area contributed by atoms with Crippen molar-refractivity contribution < 1.29 is 14.3 Å². The van der Waals surface area contributed by atoms with Crippen LogP contribution in [-0.2, 0) is 6.61 Å². The fourth-order valence-corrected chi connectivity index (χ4v) is 2.44. The number of carbonyl (C=O) groups is 1. The van der Waals surface area contributed by atoms with Crippen LogP contribution in [0.1, 0.15) is 28.4 Å². The van der Waals surface area contributed by atoms with Crippen LogP contribution in [0.15, 0.2) is 40.9 Å². The molecule has 21 heavy (non-hydrogen) atoms. The maximum Gasteiger partial charge on any atom is 0.163 e. The van der Waals surface area contributed by atoms with E-state index in [-0.39, 0.29) is 5.78 Å².